The number of nitrogens with one attached hydrogen (secondary N) is 1. The summed E-state index contributed by atoms with van der Waals surface area (Å²) in [6.45, 7) is 1.82. The van der Waals surface area contributed by atoms with Crippen LogP contribution in [0, 0.1) is 12.7 Å². The summed E-state index contributed by atoms with van der Waals surface area (Å²) in [5.74, 6) is -0.977. The van der Waals surface area contributed by atoms with Gasteiger partial charge in [-0.25, -0.2) is 4.39 Å². The second-order valence-electron chi connectivity index (χ2n) is 3.87. The van der Waals surface area contributed by atoms with Crippen molar-refractivity contribution < 1.29 is 9.18 Å². The van der Waals surface area contributed by atoms with E-state index in [1.54, 1.807) is 18.2 Å². The van der Waals surface area contributed by atoms with E-state index >= 15 is 0 Å². The van der Waals surface area contributed by atoms with Crippen LogP contribution in [-0.4, -0.2) is 5.91 Å². The molecule has 0 saturated carbocycles. The fourth-order valence-corrected chi connectivity index (χ4v) is 1.79. The standard InChI is InChI=1S/C14H11ClFNO/c1-9-5-2-3-6-10(9)14(18)17-12-8-4-7-11(15)13(12)16/h2-8H,1H3,(H,17,18). The Morgan fingerprint density at radius 3 is 2.61 bits per heavy atom. The maximum Gasteiger partial charge on any atom is 0.256 e. The number of hydrogen-bond donors (Lipinski definition) is 1. The van der Waals surface area contributed by atoms with Crippen LogP contribution in [0.3, 0.4) is 0 Å². The highest BCUT2D eigenvalue weighted by Gasteiger charge is 2.12. The summed E-state index contributed by atoms with van der Waals surface area (Å²) in [7, 11) is 0. The zero-order valence-corrected chi connectivity index (χ0v) is 10.5. The van der Waals surface area contributed by atoms with E-state index in [9.17, 15) is 9.18 Å². The van der Waals surface area contributed by atoms with Crippen molar-refractivity contribution in [3.63, 3.8) is 0 Å². The maximum absolute atomic E-state index is 13.6. The minimum absolute atomic E-state index is 0.0161. The van der Waals surface area contributed by atoms with Crippen LogP contribution in [0.5, 0.6) is 0 Å². The van der Waals surface area contributed by atoms with E-state index in [1.807, 2.05) is 19.1 Å². The first kappa shape index (κ1) is 12.6. The van der Waals surface area contributed by atoms with E-state index < -0.39 is 5.82 Å². The molecule has 0 aliphatic rings. The van der Waals surface area contributed by atoms with Gasteiger partial charge in [-0.15, -0.1) is 0 Å². The highest BCUT2D eigenvalue weighted by Crippen LogP contribution is 2.22. The number of carbonyl (C=O) groups excluding carboxylic acids is 1. The molecule has 2 aromatic rings. The zero-order valence-electron chi connectivity index (χ0n) is 9.71. The highest BCUT2D eigenvalue weighted by atomic mass is 35.5. The van der Waals surface area contributed by atoms with E-state index in [0.717, 1.165) is 5.56 Å². The van der Waals surface area contributed by atoms with Crippen LogP contribution in [0.2, 0.25) is 5.02 Å². The summed E-state index contributed by atoms with van der Waals surface area (Å²) >= 11 is 5.65. The van der Waals surface area contributed by atoms with Gasteiger partial charge in [0, 0.05) is 5.56 Å². The SMILES string of the molecule is Cc1ccccc1C(=O)Nc1cccc(Cl)c1F. The van der Waals surface area contributed by atoms with Gasteiger partial charge in [0.25, 0.3) is 5.91 Å². The van der Waals surface area contributed by atoms with Gasteiger partial charge in [-0.05, 0) is 30.7 Å². The second-order valence-corrected chi connectivity index (χ2v) is 4.28. The predicted molar refractivity (Wildman–Crippen MR) is 70.5 cm³/mol. The van der Waals surface area contributed by atoms with Crippen molar-refractivity contribution in [2.75, 3.05) is 5.32 Å². The van der Waals surface area contributed by atoms with Crippen LogP contribution in [-0.2, 0) is 0 Å². The molecule has 18 heavy (non-hydrogen) atoms. The van der Waals surface area contributed by atoms with Crippen LogP contribution in [0.15, 0.2) is 42.5 Å². The Hall–Kier alpha value is -1.87. The molecule has 2 aromatic carbocycles. The molecule has 0 spiro atoms. The lowest BCUT2D eigenvalue weighted by Gasteiger charge is -2.08. The molecule has 4 heteroatoms. The van der Waals surface area contributed by atoms with Gasteiger partial charge < -0.3 is 5.32 Å². The van der Waals surface area contributed by atoms with Crippen molar-refractivity contribution in [1.82, 2.24) is 0 Å². The molecule has 0 aliphatic carbocycles. The van der Waals surface area contributed by atoms with Crippen molar-refractivity contribution in [2.24, 2.45) is 0 Å². The molecule has 2 nitrogen and oxygen atoms in total. The van der Waals surface area contributed by atoms with Gasteiger partial charge in [-0.2, -0.15) is 0 Å². The lowest BCUT2D eigenvalue weighted by molar-refractivity contribution is 0.102. The molecule has 0 atom stereocenters. The van der Waals surface area contributed by atoms with E-state index in [0.29, 0.717) is 5.56 Å². The smallest absolute Gasteiger partial charge is 0.256 e. The third-order valence-electron chi connectivity index (χ3n) is 2.59. The minimum Gasteiger partial charge on any atom is -0.319 e. The van der Waals surface area contributed by atoms with Gasteiger partial charge in [0.1, 0.15) is 0 Å². The molecule has 0 aliphatic heterocycles. The lowest BCUT2D eigenvalue weighted by Crippen LogP contribution is -2.14. The molecule has 0 heterocycles. The third kappa shape index (κ3) is 2.51. The average Bonchev–Trinajstić information content (AvgIpc) is 2.35. The molecule has 0 fully saturated rings. The summed E-state index contributed by atoms with van der Waals surface area (Å²) < 4.78 is 13.6. The Morgan fingerprint density at radius 1 is 1.17 bits per heavy atom. The molecular weight excluding hydrogens is 253 g/mol. The van der Waals surface area contributed by atoms with E-state index in [1.165, 1.54) is 12.1 Å². The number of halogens is 2. The normalized spacial score (nSPS) is 10.2. The quantitative estimate of drug-likeness (QED) is 0.870. The minimum atomic E-state index is -0.624. The van der Waals surface area contributed by atoms with Crippen molar-refractivity contribution in [3.8, 4) is 0 Å². The van der Waals surface area contributed by atoms with Crippen LogP contribution < -0.4 is 5.32 Å². The molecule has 0 aromatic heterocycles. The molecular formula is C14H11ClFNO. The van der Waals surface area contributed by atoms with E-state index in [2.05, 4.69) is 5.32 Å². The van der Waals surface area contributed by atoms with Crippen LogP contribution in [0.4, 0.5) is 10.1 Å². The molecule has 0 unspecified atom stereocenters. The van der Waals surface area contributed by atoms with E-state index in [4.69, 9.17) is 11.6 Å². The Morgan fingerprint density at radius 2 is 1.89 bits per heavy atom. The number of benzene rings is 2. The largest absolute Gasteiger partial charge is 0.319 e. The number of hydrogen-bond acceptors (Lipinski definition) is 1. The fourth-order valence-electron chi connectivity index (χ4n) is 1.62. The van der Waals surface area contributed by atoms with Gasteiger partial charge in [0.05, 0.1) is 10.7 Å². The Labute approximate surface area is 109 Å². The molecule has 0 saturated heterocycles. The molecule has 92 valence electrons. The van der Waals surface area contributed by atoms with Gasteiger partial charge in [0.2, 0.25) is 0 Å². The molecule has 0 radical (unpaired) electrons. The third-order valence-corrected chi connectivity index (χ3v) is 2.88. The molecule has 1 amide bonds. The Balaban J connectivity index is 2.27. The fraction of sp³-hybridized carbons (Fsp3) is 0.0714. The first-order chi connectivity index (χ1) is 8.59. The summed E-state index contributed by atoms with van der Waals surface area (Å²) in [5, 5.41) is 2.49. The predicted octanol–water partition coefficient (Wildman–Crippen LogP) is 4.04. The number of carbonyl (C=O) groups is 1. The molecule has 2 rings (SSSR count). The summed E-state index contributed by atoms with van der Waals surface area (Å²) in [6.07, 6.45) is 0. The van der Waals surface area contributed by atoms with E-state index in [-0.39, 0.29) is 16.6 Å². The van der Waals surface area contributed by atoms with Gasteiger partial charge in [-0.3, -0.25) is 4.79 Å². The van der Waals surface area contributed by atoms with Gasteiger partial charge >= 0.3 is 0 Å². The second kappa shape index (κ2) is 5.19. The lowest BCUT2D eigenvalue weighted by atomic mass is 10.1. The van der Waals surface area contributed by atoms with Crippen molar-refractivity contribution in [2.45, 2.75) is 6.92 Å². The number of aryl methyl sites for hydroxylation is 1. The van der Waals surface area contributed by atoms with Crippen molar-refractivity contribution in [3.05, 3.63) is 64.4 Å². The number of rotatable bonds is 2. The van der Waals surface area contributed by atoms with Crippen LogP contribution in [0.25, 0.3) is 0 Å². The summed E-state index contributed by atoms with van der Waals surface area (Å²) in [4.78, 5) is 12.0. The van der Waals surface area contributed by atoms with Crippen LogP contribution in [0.1, 0.15) is 15.9 Å². The first-order valence-electron chi connectivity index (χ1n) is 5.40. The molecule has 0 bridgehead atoms. The number of amides is 1. The highest BCUT2D eigenvalue weighted by molar-refractivity contribution is 6.31. The van der Waals surface area contributed by atoms with Crippen molar-refractivity contribution >= 4 is 23.2 Å². The van der Waals surface area contributed by atoms with Gasteiger partial charge in [-0.1, -0.05) is 35.9 Å². The van der Waals surface area contributed by atoms with Crippen molar-refractivity contribution in [1.29, 1.82) is 0 Å². The Kier molecular flexibility index (Phi) is 3.63. The maximum atomic E-state index is 13.6. The summed E-state index contributed by atoms with van der Waals surface area (Å²) in [5.41, 5.74) is 1.42. The van der Waals surface area contributed by atoms with Crippen LogP contribution >= 0.6 is 11.6 Å². The molecule has 1 N–H and O–H groups in total. The number of anilines is 1. The monoisotopic (exact) mass is 263 g/mol. The zero-order chi connectivity index (χ0) is 13.1. The van der Waals surface area contributed by atoms with Gasteiger partial charge in [0.15, 0.2) is 5.82 Å². The average molecular weight is 264 g/mol. The first-order valence-corrected chi connectivity index (χ1v) is 5.78. The topological polar surface area (TPSA) is 29.1 Å². The Bertz CT molecular complexity index is 598. The summed E-state index contributed by atoms with van der Waals surface area (Å²) in [6, 6.07) is 11.6.